The minimum Gasteiger partial charge on any atom is -0.505 e. The zero-order valence-corrected chi connectivity index (χ0v) is 20.3. The van der Waals surface area contributed by atoms with E-state index in [9.17, 15) is 14.7 Å². The fraction of sp³-hybridized carbons (Fsp3) is 0.231. The minimum absolute atomic E-state index is 0.0572. The molecular weight excluding hydrogens is 464 g/mol. The number of anilines is 2. The number of hydrogen-bond donors (Lipinski definition) is 3. The molecule has 0 unspecified atom stereocenters. The number of nitrogens with zero attached hydrogens (tertiary/aromatic N) is 3. The number of carbonyl (C=O) groups is 2. The summed E-state index contributed by atoms with van der Waals surface area (Å²) in [5.41, 5.74) is 7.45. The van der Waals surface area contributed by atoms with Crippen molar-refractivity contribution >= 4 is 46.0 Å². The Hall–Kier alpha value is -3.98. The van der Waals surface area contributed by atoms with Crippen molar-refractivity contribution in [3.05, 3.63) is 64.5 Å². The normalized spacial score (nSPS) is 17.6. The van der Waals surface area contributed by atoms with E-state index in [0.717, 1.165) is 24.2 Å². The van der Waals surface area contributed by atoms with E-state index in [1.165, 1.54) is 22.2 Å². The molecule has 0 spiro atoms. The molecule has 9 heteroatoms. The Morgan fingerprint density at radius 3 is 2.74 bits per heavy atom. The summed E-state index contributed by atoms with van der Waals surface area (Å²) in [5, 5.41) is 30.0. The monoisotopic (exact) mass is 488 g/mol. The number of aryl methyl sites for hydroxylation is 1. The molecule has 1 amide bonds. The van der Waals surface area contributed by atoms with Crippen LogP contribution < -0.4 is 10.4 Å². The number of carboxylic acid groups (broad SMARTS) is 1. The highest BCUT2D eigenvalue weighted by Gasteiger charge is 2.34. The van der Waals surface area contributed by atoms with Gasteiger partial charge in [-0.1, -0.05) is 26.0 Å². The molecule has 8 nitrogen and oxygen atoms in total. The molecule has 3 aromatic rings. The van der Waals surface area contributed by atoms with E-state index < -0.39 is 5.97 Å². The second kappa shape index (κ2) is 8.35. The average molecular weight is 489 g/mol. The summed E-state index contributed by atoms with van der Waals surface area (Å²) in [4.78, 5) is 25.1. The third-order valence-electron chi connectivity index (χ3n) is 6.48. The van der Waals surface area contributed by atoms with Crippen molar-refractivity contribution in [3.63, 3.8) is 0 Å². The van der Waals surface area contributed by atoms with Crippen molar-refractivity contribution in [1.29, 1.82) is 0 Å². The first kappa shape index (κ1) is 22.8. The molecule has 0 saturated carbocycles. The fourth-order valence-electron chi connectivity index (χ4n) is 4.47. The Morgan fingerprint density at radius 1 is 1.20 bits per heavy atom. The molecule has 5 rings (SSSR count). The van der Waals surface area contributed by atoms with E-state index in [4.69, 9.17) is 5.11 Å². The zero-order valence-electron chi connectivity index (χ0n) is 19.5. The molecule has 0 saturated heterocycles. The van der Waals surface area contributed by atoms with Crippen LogP contribution in [0.4, 0.5) is 11.4 Å². The maximum absolute atomic E-state index is 13.2. The number of fused-ring (bicyclic) bond motifs is 1. The Labute approximate surface area is 206 Å². The van der Waals surface area contributed by atoms with Crippen molar-refractivity contribution in [2.75, 3.05) is 10.4 Å². The van der Waals surface area contributed by atoms with Gasteiger partial charge in [0.05, 0.1) is 17.1 Å². The van der Waals surface area contributed by atoms with Gasteiger partial charge >= 0.3 is 11.9 Å². The van der Waals surface area contributed by atoms with Crippen molar-refractivity contribution in [2.24, 2.45) is 10.2 Å². The number of phenols is 1. The molecule has 0 bridgehead atoms. The first-order valence-corrected chi connectivity index (χ1v) is 12.0. The van der Waals surface area contributed by atoms with Crippen LogP contribution in [0.1, 0.15) is 48.0 Å². The molecule has 2 aromatic carbocycles. The molecule has 0 atom stereocenters. The number of phenolic OH excluding ortho intramolecular Hbond substituents is 1. The van der Waals surface area contributed by atoms with Gasteiger partial charge in [-0.05, 0) is 72.7 Å². The molecule has 178 valence electrons. The van der Waals surface area contributed by atoms with Crippen molar-refractivity contribution in [2.45, 2.75) is 39.0 Å². The molecule has 0 fully saturated rings. The van der Waals surface area contributed by atoms with Crippen LogP contribution in [0.3, 0.4) is 0 Å². The number of hydrazone groups is 2. The highest BCUT2D eigenvalue weighted by Crippen LogP contribution is 2.41. The van der Waals surface area contributed by atoms with Gasteiger partial charge < -0.3 is 10.2 Å². The summed E-state index contributed by atoms with van der Waals surface area (Å²) < 4.78 is 0. The summed E-state index contributed by atoms with van der Waals surface area (Å²) >= 11 is 1.06. The van der Waals surface area contributed by atoms with Crippen LogP contribution in [-0.2, 0) is 16.6 Å². The molecule has 1 aliphatic carbocycles. The quantitative estimate of drug-likeness (QED) is 0.336. The molecule has 3 N–H and O–H groups in total. The van der Waals surface area contributed by atoms with E-state index in [1.807, 2.05) is 12.1 Å². The van der Waals surface area contributed by atoms with E-state index in [0.29, 0.717) is 27.5 Å². The van der Waals surface area contributed by atoms with Crippen LogP contribution in [0, 0.1) is 0 Å². The van der Waals surface area contributed by atoms with Crippen LogP contribution in [0.2, 0.25) is 0 Å². The number of thiophene rings is 1. The number of nitrogens with one attached hydrogen (secondary N) is 1. The van der Waals surface area contributed by atoms with Crippen LogP contribution in [0.5, 0.6) is 5.75 Å². The lowest BCUT2D eigenvalue weighted by Gasteiger charge is -2.21. The average Bonchev–Trinajstić information content (AvgIpc) is 3.50. The second-order valence-corrected chi connectivity index (χ2v) is 10.4. The molecule has 35 heavy (non-hydrogen) atoms. The molecule has 0 radical (unpaired) electrons. The third kappa shape index (κ3) is 3.97. The largest absolute Gasteiger partial charge is 0.505 e. The van der Waals surface area contributed by atoms with Gasteiger partial charge in [0.15, 0.2) is 5.71 Å². The number of benzene rings is 2. The number of aromatic carboxylic acids is 1. The van der Waals surface area contributed by atoms with Gasteiger partial charge in [0, 0.05) is 10.4 Å². The van der Waals surface area contributed by atoms with Gasteiger partial charge in [-0.25, -0.2) is 4.79 Å². The summed E-state index contributed by atoms with van der Waals surface area (Å²) in [7, 11) is 0. The molecular formula is C26H24N4O4S. The number of para-hydroxylation sites is 1. The minimum atomic E-state index is -1.02. The maximum atomic E-state index is 13.2. The summed E-state index contributed by atoms with van der Waals surface area (Å²) in [6.07, 6.45) is 2.10. The van der Waals surface area contributed by atoms with E-state index in [1.54, 1.807) is 31.2 Å². The standard InChI is InChI=1S/C26H24N4O4S/c1-14-22(24(32)30(29-14)16-8-7-15-11-12-26(2,3)18(15)13-16)28-27-19-6-4-5-17(23(19)31)20-9-10-21(35-20)25(33)34/h4-10,13,27,31H,11-12H2,1-3H3,(H,33,34). The van der Waals surface area contributed by atoms with E-state index >= 15 is 0 Å². The Bertz CT molecular complexity index is 1440. The van der Waals surface area contributed by atoms with Crippen molar-refractivity contribution in [3.8, 4) is 16.2 Å². The maximum Gasteiger partial charge on any atom is 0.345 e. The second-order valence-electron chi connectivity index (χ2n) is 9.27. The zero-order chi connectivity index (χ0) is 24.9. The van der Waals surface area contributed by atoms with Crippen LogP contribution in [0.15, 0.2) is 58.7 Å². The molecule has 2 heterocycles. The molecule has 1 aromatic heterocycles. The molecule has 1 aliphatic heterocycles. The first-order chi connectivity index (χ1) is 16.7. The van der Waals surface area contributed by atoms with Crippen molar-refractivity contribution in [1.82, 2.24) is 0 Å². The number of aromatic hydroxyl groups is 1. The predicted molar refractivity (Wildman–Crippen MR) is 138 cm³/mol. The fourth-order valence-corrected chi connectivity index (χ4v) is 5.34. The number of hydrogen-bond acceptors (Lipinski definition) is 7. The lowest BCUT2D eigenvalue weighted by molar-refractivity contribution is -0.112. The Morgan fingerprint density at radius 2 is 2.00 bits per heavy atom. The summed E-state index contributed by atoms with van der Waals surface area (Å²) in [5.74, 6) is -1.47. The Balaban J connectivity index is 1.40. The highest BCUT2D eigenvalue weighted by atomic mass is 32.1. The number of amides is 1. The van der Waals surface area contributed by atoms with Crippen molar-refractivity contribution < 1.29 is 19.8 Å². The van der Waals surface area contributed by atoms with Gasteiger partial charge in [0.2, 0.25) is 0 Å². The number of carboxylic acids is 1. The van der Waals surface area contributed by atoms with Crippen LogP contribution in [0.25, 0.3) is 10.4 Å². The van der Waals surface area contributed by atoms with E-state index in [2.05, 4.69) is 35.5 Å². The lowest BCUT2D eigenvalue weighted by Crippen LogP contribution is -2.28. The van der Waals surface area contributed by atoms with Crippen LogP contribution in [-0.4, -0.2) is 33.5 Å². The van der Waals surface area contributed by atoms with Gasteiger partial charge in [0.1, 0.15) is 10.6 Å². The van der Waals surface area contributed by atoms with Gasteiger partial charge in [-0.3, -0.25) is 10.2 Å². The topological polar surface area (TPSA) is 115 Å². The first-order valence-electron chi connectivity index (χ1n) is 11.2. The SMILES string of the molecule is CC1=NN(c2ccc3c(c2)C(C)(C)CC3)C(=O)C1=NNc1cccc(-c2ccc(C(=O)O)s2)c1O. The third-order valence-corrected chi connectivity index (χ3v) is 7.59. The summed E-state index contributed by atoms with van der Waals surface area (Å²) in [6.45, 7) is 6.13. The van der Waals surface area contributed by atoms with E-state index in [-0.39, 0.29) is 27.7 Å². The smallest absolute Gasteiger partial charge is 0.345 e. The predicted octanol–water partition coefficient (Wildman–Crippen LogP) is 5.23. The highest BCUT2D eigenvalue weighted by molar-refractivity contribution is 7.17. The lowest BCUT2D eigenvalue weighted by atomic mass is 9.86. The summed E-state index contributed by atoms with van der Waals surface area (Å²) in [6, 6.07) is 14.2. The van der Waals surface area contributed by atoms with Crippen LogP contribution >= 0.6 is 11.3 Å². The number of rotatable bonds is 5. The van der Waals surface area contributed by atoms with Gasteiger partial charge in [-0.2, -0.15) is 15.2 Å². The molecule has 2 aliphatic rings. The van der Waals surface area contributed by atoms with Gasteiger partial charge in [-0.15, -0.1) is 11.3 Å². The number of carbonyl (C=O) groups excluding carboxylic acids is 1. The Kier molecular flexibility index (Phi) is 5.44. The van der Waals surface area contributed by atoms with Gasteiger partial charge in [0.25, 0.3) is 0 Å².